The number of carboxylic acids is 1. The van der Waals surface area contributed by atoms with Gasteiger partial charge in [-0.3, -0.25) is 0 Å². The molecule has 1 aliphatic heterocycles. The predicted molar refractivity (Wildman–Crippen MR) is 138 cm³/mol. The second-order valence-electron chi connectivity index (χ2n) is 9.75. The van der Waals surface area contributed by atoms with Gasteiger partial charge >= 0.3 is 5.97 Å². The quantitative estimate of drug-likeness (QED) is 0.332. The Morgan fingerprint density at radius 1 is 1.11 bits per heavy atom. The highest BCUT2D eigenvalue weighted by Gasteiger charge is 2.33. The Morgan fingerprint density at radius 2 is 1.74 bits per heavy atom. The van der Waals surface area contributed by atoms with Gasteiger partial charge in [-0.1, -0.05) is 32.4 Å². The second kappa shape index (κ2) is 10.8. The fraction of sp³-hybridized carbons (Fsp3) is 0.464. The predicted octanol–water partition coefficient (Wildman–Crippen LogP) is 7.03. The molecule has 2 aromatic carbocycles. The first-order chi connectivity index (χ1) is 16.4. The third-order valence-corrected chi connectivity index (χ3v) is 6.25. The van der Waals surface area contributed by atoms with Gasteiger partial charge in [0.25, 0.3) is 0 Å². The van der Waals surface area contributed by atoms with E-state index in [2.05, 4.69) is 19.9 Å². The first kappa shape index (κ1) is 26.7. The SMILES string of the molecule is CC[C@@](C)(Oc1ccc(OCCCOc2cc3c(cc2Cl)C(C(C)C)=CC(C)(C)O3)cc1)C(=O)O. The Hall–Kier alpha value is -2.86. The van der Waals surface area contributed by atoms with Crippen LogP contribution < -0.4 is 18.9 Å². The summed E-state index contributed by atoms with van der Waals surface area (Å²) in [7, 11) is 0. The van der Waals surface area contributed by atoms with Crippen LogP contribution in [0.1, 0.15) is 59.9 Å². The molecule has 0 saturated heterocycles. The molecule has 2 aromatic rings. The van der Waals surface area contributed by atoms with E-state index in [-0.39, 0.29) is 0 Å². The van der Waals surface area contributed by atoms with E-state index in [4.69, 9.17) is 30.5 Å². The number of hydrogen-bond donors (Lipinski definition) is 1. The maximum atomic E-state index is 11.4. The van der Waals surface area contributed by atoms with Crippen LogP contribution in [0.25, 0.3) is 5.57 Å². The van der Waals surface area contributed by atoms with Gasteiger partial charge in [0.05, 0.1) is 18.2 Å². The molecule has 0 unspecified atom stereocenters. The molecule has 1 N–H and O–H groups in total. The molecule has 1 heterocycles. The van der Waals surface area contributed by atoms with Gasteiger partial charge in [0.1, 0.15) is 28.6 Å². The zero-order chi connectivity index (χ0) is 25.8. The molecule has 1 aliphatic rings. The Balaban J connectivity index is 1.52. The number of carbonyl (C=O) groups is 1. The maximum absolute atomic E-state index is 11.4. The van der Waals surface area contributed by atoms with Crippen molar-refractivity contribution >= 4 is 23.1 Å². The molecule has 0 amide bonds. The number of rotatable bonds is 11. The van der Waals surface area contributed by atoms with Crippen molar-refractivity contribution in [2.75, 3.05) is 13.2 Å². The van der Waals surface area contributed by atoms with Gasteiger partial charge in [-0.2, -0.15) is 0 Å². The van der Waals surface area contributed by atoms with Crippen LogP contribution >= 0.6 is 11.6 Å². The Bertz CT molecular complexity index is 1070. The largest absolute Gasteiger partial charge is 0.493 e. The van der Waals surface area contributed by atoms with Crippen molar-refractivity contribution in [2.24, 2.45) is 5.92 Å². The van der Waals surface area contributed by atoms with Crippen LogP contribution in [0, 0.1) is 5.92 Å². The molecule has 0 spiro atoms. The van der Waals surface area contributed by atoms with Crippen LogP contribution in [0.3, 0.4) is 0 Å². The molecule has 190 valence electrons. The molecular weight excluding hydrogens is 468 g/mol. The minimum Gasteiger partial charge on any atom is -0.493 e. The lowest BCUT2D eigenvalue weighted by molar-refractivity contribution is -0.154. The molecule has 7 heteroatoms. The van der Waals surface area contributed by atoms with Crippen molar-refractivity contribution in [3.8, 4) is 23.0 Å². The second-order valence-corrected chi connectivity index (χ2v) is 10.2. The topological polar surface area (TPSA) is 74.2 Å². The van der Waals surface area contributed by atoms with Crippen LogP contribution in [0.5, 0.6) is 23.0 Å². The summed E-state index contributed by atoms with van der Waals surface area (Å²) in [5.41, 5.74) is 0.576. The Morgan fingerprint density at radius 3 is 2.34 bits per heavy atom. The molecule has 1 atom stereocenters. The molecular formula is C28H35ClO6. The number of halogens is 1. The smallest absolute Gasteiger partial charge is 0.347 e. The van der Waals surface area contributed by atoms with Gasteiger partial charge in [0.15, 0.2) is 0 Å². The van der Waals surface area contributed by atoms with E-state index in [1.165, 1.54) is 5.57 Å². The molecule has 3 rings (SSSR count). The highest BCUT2D eigenvalue weighted by Crippen LogP contribution is 2.44. The minimum atomic E-state index is -1.26. The van der Waals surface area contributed by atoms with E-state index >= 15 is 0 Å². The van der Waals surface area contributed by atoms with Gasteiger partial charge in [-0.25, -0.2) is 4.79 Å². The summed E-state index contributed by atoms with van der Waals surface area (Å²) in [6, 6.07) is 10.7. The highest BCUT2D eigenvalue weighted by molar-refractivity contribution is 6.32. The summed E-state index contributed by atoms with van der Waals surface area (Å²) in [5, 5.41) is 9.90. The van der Waals surface area contributed by atoms with Crippen LogP contribution in [0.2, 0.25) is 5.02 Å². The van der Waals surface area contributed by atoms with Crippen LogP contribution in [-0.4, -0.2) is 35.5 Å². The lowest BCUT2D eigenvalue weighted by Gasteiger charge is -2.33. The highest BCUT2D eigenvalue weighted by atomic mass is 35.5. The summed E-state index contributed by atoms with van der Waals surface area (Å²) in [4.78, 5) is 11.4. The van der Waals surface area contributed by atoms with E-state index in [1.54, 1.807) is 38.1 Å². The molecule has 0 aliphatic carbocycles. The lowest BCUT2D eigenvalue weighted by atomic mass is 9.88. The molecule has 35 heavy (non-hydrogen) atoms. The standard InChI is InChI=1S/C28H35ClO6/c1-7-28(6,26(30)31)34-20-11-9-19(10-12-20)32-13-8-14-33-25-16-24-21(15-23(25)29)22(18(2)3)17-27(4,5)35-24/h9-12,15-18H,7-8,13-14H2,1-6H3,(H,30,31)/t28-/m1/s1. The molecule has 0 fully saturated rings. The first-order valence-electron chi connectivity index (χ1n) is 12.0. The van der Waals surface area contributed by atoms with E-state index < -0.39 is 17.2 Å². The van der Waals surface area contributed by atoms with Crippen LogP contribution in [0.15, 0.2) is 42.5 Å². The molecule has 0 aromatic heterocycles. The van der Waals surface area contributed by atoms with Gasteiger partial charge in [0.2, 0.25) is 5.60 Å². The van der Waals surface area contributed by atoms with Crippen LogP contribution in [-0.2, 0) is 4.79 Å². The van der Waals surface area contributed by atoms with Gasteiger partial charge < -0.3 is 24.1 Å². The third-order valence-electron chi connectivity index (χ3n) is 5.95. The average Bonchev–Trinajstić information content (AvgIpc) is 2.79. The summed E-state index contributed by atoms with van der Waals surface area (Å²) in [6.45, 7) is 12.6. The zero-order valence-corrected chi connectivity index (χ0v) is 22.1. The van der Waals surface area contributed by atoms with Crippen molar-refractivity contribution in [1.29, 1.82) is 0 Å². The normalized spacial score (nSPS) is 15.9. The summed E-state index contributed by atoms with van der Waals surface area (Å²) in [5.74, 6) is 1.88. The fourth-order valence-corrected chi connectivity index (χ4v) is 3.98. The number of carboxylic acid groups (broad SMARTS) is 1. The van der Waals surface area contributed by atoms with E-state index in [0.29, 0.717) is 54.2 Å². The third kappa shape index (κ3) is 6.63. The Labute approximate surface area is 212 Å². The Kier molecular flexibility index (Phi) is 8.26. The fourth-order valence-electron chi connectivity index (χ4n) is 3.76. The minimum absolute atomic E-state index is 0.353. The zero-order valence-electron chi connectivity index (χ0n) is 21.3. The number of hydrogen-bond acceptors (Lipinski definition) is 5. The maximum Gasteiger partial charge on any atom is 0.347 e. The van der Waals surface area contributed by atoms with E-state index in [9.17, 15) is 9.90 Å². The van der Waals surface area contributed by atoms with E-state index in [1.807, 2.05) is 26.0 Å². The van der Waals surface area contributed by atoms with Crippen molar-refractivity contribution in [1.82, 2.24) is 0 Å². The molecule has 0 radical (unpaired) electrons. The molecule has 0 saturated carbocycles. The number of benzene rings is 2. The monoisotopic (exact) mass is 502 g/mol. The summed E-state index contributed by atoms with van der Waals surface area (Å²) in [6.07, 6.45) is 3.16. The number of fused-ring (bicyclic) bond motifs is 1. The lowest BCUT2D eigenvalue weighted by Crippen LogP contribution is -2.40. The van der Waals surface area contributed by atoms with Gasteiger partial charge in [0, 0.05) is 18.1 Å². The number of aliphatic carboxylic acids is 1. The summed E-state index contributed by atoms with van der Waals surface area (Å²) >= 11 is 6.51. The van der Waals surface area contributed by atoms with E-state index in [0.717, 1.165) is 11.3 Å². The first-order valence-corrected chi connectivity index (χ1v) is 12.4. The number of allylic oxidation sites excluding steroid dienone is 1. The van der Waals surface area contributed by atoms with Crippen LogP contribution in [0.4, 0.5) is 0 Å². The molecule has 6 nitrogen and oxygen atoms in total. The van der Waals surface area contributed by atoms with Gasteiger partial charge in [-0.15, -0.1) is 0 Å². The van der Waals surface area contributed by atoms with Crippen molar-refractivity contribution in [2.45, 2.75) is 65.6 Å². The van der Waals surface area contributed by atoms with Crippen molar-refractivity contribution < 1.29 is 28.8 Å². The number of ether oxygens (including phenoxy) is 4. The van der Waals surface area contributed by atoms with Crippen molar-refractivity contribution in [3.05, 3.63) is 53.1 Å². The van der Waals surface area contributed by atoms with Gasteiger partial charge in [-0.05, 0) is 75.1 Å². The average molecular weight is 503 g/mol. The van der Waals surface area contributed by atoms with Crippen molar-refractivity contribution in [3.63, 3.8) is 0 Å². The molecule has 0 bridgehead atoms. The summed E-state index contributed by atoms with van der Waals surface area (Å²) < 4.78 is 23.5.